The zero-order chi connectivity index (χ0) is 16.4. The van der Waals surface area contributed by atoms with Crippen molar-refractivity contribution in [1.29, 1.82) is 0 Å². The summed E-state index contributed by atoms with van der Waals surface area (Å²) < 4.78 is 30.8. The Kier molecular flexibility index (Phi) is 7.86. The monoisotopic (exact) mass is 329 g/mol. The van der Waals surface area contributed by atoms with Gasteiger partial charge in [0.1, 0.15) is 0 Å². The lowest BCUT2D eigenvalue weighted by atomic mass is 10.3. The van der Waals surface area contributed by atoms with E-state index < -0.39 is 10.0 Å². The van der Waals surface area contributed by atoms with Gasteiger partial charge in [0.2, 0.25) is 15.9 Å². The third-order valence-corrected chi connectivity index (χ3v) is 4.15. The molecule has 124 valence electrons. The van der Waals surface area contributed by atoms with Gasteiger partial charge in [-0.2, -0.15) is 0 Å². The maximum Gasteiger partial charge on any atom is 0.238 e. The molecular weight excluding hydrogens is 306 g/mol. The summed E-state index contributed by atoms with van der Waals surface area (Å²) in [6.07, 6.45) is 0.541. The summed E-state index contributed by atoms with van der Waals surface area (Å²) in [7, 11) is -1.75. The van der Waals surface area contributed by atoms with Gasteiger partial charge in [-0.3, -0.25) is 9.52 Å². The second-order valence-corrected chi connectivity index (χ2v) is 6.56. The Hall–Kier alpha value is -1.64. The molecule has 0 heterocycles. The number of anilines is 2. The molecule has 22 heavy (non-hydrogen) atoms. The number of sulfonamides is 1. The molecule has 7 nitrogen and oxygen atoms in total. The third-order valence-electron chi connectivity index (χ3n) is 2.66. The average molecular weight is 329 g/mol. The lowest BCUT2D eigenvalue weighted by Crippen LogP contribution is -2.30. The molecule has 3 N–H and O–H groups in total. The van der Waals surface area contributed by atoms with E-state index in [0.717, 1.165) is 0 Å². The number of methoxy groups -OCH3 is 1. The van der Waals surface area contributed by atoms with Crippen molar-refractivity contribution in [2.75, 3.05) is 42.6 Å². The zero-order valence-electron chi connectivity index (χ0n) is 12.9. The SMILES string of the molecule is CCCS(=O)(=O)Nc1cccc(NC(=O)CNCCOC)c1. The van der Waals surface area contributed by atoms with Gasteiger partial charge in [0.05, 0.1) is 24.6 Å². The molecule has 8 heteroatoms. The quantitative estimate of drug-likeness (QED) is 0.557. The van der Waals surface area contributed by atoms with Crippen LogP contribution >= 0.6 is 0 Å². The molecule has 1 amide bonds. The Bertz CT molecular complexity index is 575. The first-order chi connectivity index (χ1) is 10.5. The van der Waals surface area contributed by atoms with Crippen LogP contribution in [0.3, 0.4) is 0 Å². The molecule has 0 saturated heterocycles. The summed E-state index contributed by atoms with van der Waals surface area (Å²) in [5.74, 6) is -0.142. The number of amides is 1. The Labute approximate surface area is 131 Å². The van der Waals surface area contributed by atoms with Crippen molar-refractivity contribution in [3.8, 4) is 0 Å². The first kappa shape index (κ1) is 18.4. The van der Waals surface area contributed by atoms with Crippen LogP contribution in [0.5, 0.6) is 0 Å². The van der Waals surface area contributed by atoms with E-state index in [1.54, 1.807) is 38.3 Å². The van der Waals surface area contributed by atoms with Crippen molar-refractivity contribution in [2.24, 2.45) is 0 Å². The number of benzene rings is 1. The Morgan fingerprint density at radius 1 is 1.27 bits per heavy atom. The number of carbonyl (C=O) groups is 1. The molecule has 0 aromatic heterocycles. The minimum atomic E-state index is -3.34. The minimum Gasteiger partial charge on any atom is -0.383 e. The Balaban J connectivity index is 2.55. The lowest BCUT2D eigenvalue weighted by Gasteiger charge is -2.10. The highest BCUT2D eigenvalue weighted by Crippen LogP contribution is 2.16. The number of hydrogen-bond donors (Lipinski definition) is 3. The molecule has 0 aliphatic heterocycles. The van der Waals surface area contributed by atoms with Crippen molar-refractivity contribution in [3.63, 3.8) is 0 Å². The summed E-state index contributed by atoms with van der Waals surface area (Å²) in [5, 5.41) is 5.63. The largest absolute Gasteiger partial charge is 0.383 e. The first-order valence-electron chi connectivity index (χ1n) is 7.07. The number of carbonyl (C=O) groups excluding carboxylic acids is 1. The number of hydrogen-bond acceptors (Lipinski definition) is 5. The van der Waals surface area contributed by atoms with Crippen LogP contribution in [0.25, 0.3) is 0 Å². The van der Waals surface area contributed by atoms with E-state index in [4.69, 9.17) is 4.74 Å². The molecule has 1 aromatic carbocycles. The van der Waals surface area contributed by atoms with Crippen LogP contribution in [0, 0.1) is 0 Å². The highest BCUT2D eigenvalue weighted by Gasteiger charge is 2.09. The molecule has 0 bridgehead atoms. The molecule has 0 atom stereocenters. The highest BCUT2D eigenvalue weighted by molar-refractivity contribution is 7.92. The van der Waals surface area contributed by atoms with Gasteiger partial charge in [-0.25, -0.2) is 8.42 Å². The highest BCUT2D eigenvalue weighted by atomic mass is 32.2. The molecule has 1 rings (SSSR count). The van der Waals surface area contributed by atoms with E-state index >= 15 is 0 Å². The summed E-state index contributed by atoms with van der Waals surface area (Å²) in [6.45, 7) is 3.07. The molecular formula is C14H23N3O4S. The maximum atomic E-state index is 11.7. The maximum absolute atomic E-state index is 11.7. The third kappa shape index (κ3) is 7.39. The van der Waals surface area contributed by atoms with Crippen molar-refractivity contribution in [1.82, 2.24) is 5.32 Å². The average Bonchev–Trinajstić information content (AvgIpc) is 2.43. The van der Waals surface area contributed by atoms with Crippen LogP contribution in [0.1, 0.15) is 13.3 Å². The van der Waals surface area contributed by atoms with Gasteiger partial charge in [-0.1, -0.05) is 13.0 Å². The normalized spacial score (nSPS) is 11.2. The molecule has 0 aliphatic rings. The van der Waals surface area contributed by atoms with Crippen LogP contribution in [0.15, 0.2) is 24.3 Å². The minimum absolute atomic E-state index is 0.0625. The van der Waals surface area contributed by atoms with Gasteiger partial charge in [-0.05, 0) is 24.6 Å². The van der Waals surface area contributed by atoms with Gasteiger partial charge in [0, 0.05) is 19.3 Å². The van der Waals surface area contributed by atoms with Gasteiger partial charge in [0.25, 0.3) is 0 Å². The fourth-order valence-corrected chi connectivity index (χ4v) is 2.87. The standard InChI is InChI=1S/C14H23N3O4S/c1-3-9-22(19,20)17-13-6-4-5-12(10-13)16-14(18)11-15-7-8-21-2/h4-6,10,15,17H,3,7-9,11H2,1-2H3,(H,16,18). The second-order valence-electron chi connectivity index (χ2n) is 4.72. The Morgan fingerprint density at radius 2 is 2.00 bits per heavy atom. The van der Waals surface area contributed by atoms with Crippen LogP contribution in [-0.4, -0.2) is 46.9 Å². The van der Waals surface area contributed by atoms with Gasteiger partial charge < -0.3 is 15.4 Å². The van der Waals surface area contributed by atoms with Gasteiger partial charge in [0.15, 0.2) is 0 Å². The zero-order valence-corrected chi connectivity index (χ0v) is 13.7. The fraction of sp³-hybridized carbons (Fsp3) is 0.500. The van der Waals surface area contributed by atoms with Gasteiger partial charge >= 0.3 is 0 Å². The Morgan fingerprint density at radius 3 is 2.68 bits per heavy atom. The van der Waals surface area contributed by atoms with E-state index in [1.165, 1.54) is 0 Å². The first-order valence-corrected chi connectivity index (χ1v) is 8.72. The molecule has 0 spiro atoms. The summed E-state index contributed by atoms with van der Waals surface area (Å²) in [5.41, 5.74) is 0.967. The summed E-state index contributed by atoms with van der Waals surface area (Å²) >= 11 is 0. The number of ether oxygens (including phenoxy) is 1. The van der Waals surface area contributed by atoms with E-state index in [-0.39, 0.29) is 18.2 Å². The molecule has 0 fully saturated rings. The molecule has 0 aliphatic carbocycles. The van der Waals surface area contributed by atoms with E-state index in [9.17, 15) is 13.2 Å². The predicted molar refractivity (Wildman–Crippen MR) is 87.5 cm³/mol. The van der Waals surface area contributed by atoms with Crippen molar-refractivity contribution in [3.05, 3.63) is 24.3 Å². The molecule has 0 saturated carbocycles. The van der Waals surface area contributed by atoms with Crippen LogP contribution < -0.4 is 15.4 Å². The smallest absolute Gasteiger partial charge is 0.238 e. The molecule has 0 radical (unpaired) electrons. The number of nitrogens with one attached hydrogen (secondary N) is 3. The van der Waals surface area contributed by atoms with Crippen molar-refractivity contribution >= 4 is 27.3 Å². The topological polar surface area (TPSA) is 96.5 Å². The van der Waals surface area contributed by atoms with E-state index in [1.807, 2.05) is 0 Å². The number of rotatable bonds is 10. The van der Waals surface area contributed by atoms with Crippen molar-refractivity contribution in [2.45, 2.75) is 13.3 Å². The van der Waals surface area contributed by atoms with Crippen LogP contribution in [0.2, 0.25) is 0 Å². The van der Waals surface area contributed by atoms with E-state index in [2.05, 4.69) is 15.4 Å². The lowest BCUT2D eigenvalue weighted by molar-refractivity contribution is -0.115. The molecule has 0 unspecified atom stereocenters. The van der Waals surface area contributed by atoms with Crippen LogP contribution in [0.4, 0.5) is 11.4 Å². The van der Waals surface area contributed by atoms with Crippen molar-refractivity contribution < 1.29 is 17.9 Å². The van der Waals surface area contributed by atoms with Gasteiger partial charge in [-0.15, -0.1) is 0 Å². The summed E-state index contributed by atoms with van der Waals surface area (Å²) in [6, 6.07) is 6.60. The second kappa shape index (κ2) is 9.39. The fourth-order valence-electron chi connectivity index (χ4n) is 1.74. The van der Waals surface area contributed by atoms with E-state index in [0.29, 0.717) is 30.9 Å². The van der Waals surface area contributed by atoms with Crippen LogP contribution in [-0.2, 0) is 19.6 Å². The summed E-state index contributed by atoms with van der Waals surface area (Å²) in [4.78, 5) is 11.7. The molecule has 1 aromatic rings. The predicted octanol–water partition coefficient (Wildman–Crippen LogP) is 1.01.